The number of nitrogens with zero attached hydrogens (tertiary/aromatic N) is 3. The number of carbonyl (C=O) groups is 1. The van der Waals surface area contributed by atoms with Crippen molar-refractivity contribution >= 4 is 15.9 Å². The molecule has 0 spiro atoms. The van der Waals surface area contributed by atoms with Crippen molar-refractivity contribution in [2.75, 3.05) is 39.0 Å². The van der Waals surface area contributed by atoms with Crippen LogP contribution in [0.5, 0.6) is 0 Å². The molecule has 0 aromatic heterocycles. The van der Waals surface area contributed by atoms with E-state index in [1.165, 1.54) is 10.6 Å². The molecule has 0 radical (unpaired) electrons. The van der Waals surface area contributed by atoms with Crippen LogP contribution in [0.15, 0.2) is 0 Å². The number of hydrogen-bond acceptors (Lipinski definition) is 5. The molecule has 7 nitrogen and oxygen atoms in total. The zero-order valence-electron chi connectivity index (χ0n) is 18.0. The molecule has 4 heterocycles. The maximum absolute atomic E-state index is 13.9. The Morgan fingerprint density at radius 2 is 1.55 bits per heavy atom. The van der Waals surface area contributed by atoms with Crippen molar-refractivity contribution in [3.8, 4) is 0 Å². The Kier molecular flexibility index (Phi) is 6.60. The van der Waals surface area contributed by atoms with Crippen LogP contribution >= 0.6 is 0 Å². The molecule has 0 bridgehead atoms. The summed E-state index contributed by atoms with van der Waals surface area (Å²) in [5.74, 6) is -0.976. The van der Waals surface area contributed by atoms with Crippen molar-refractivity contribution in [3.63, 3.8) is 0 Å². The average molecular weight is 467 g/mol. The number of fused-ring (bicyclic) bond motifs is 1. The molecule has 0 saturated carbocycles. The van der Waals surface area contributed by atoms with Crippen molar-refractivity contribution in [2.24, 2.45) is 17.8 Å². The molecular weight excluding hydrogens is 433 g/mol. The van der Waals surface area contributed by atoms with Gasteiger partial charge < -0.3 is 4.90 Å². The van der Waals surface area contributed by atoms with Gasteiger partial charge in [-0.15, -0.1) is 0 Å². The molecule has 4 rings (SSSR count). The van der Waals surface area contributed by atoms with Crippen LogP contribution in [0, 0.1) is 17.8 Å². The van der Waals surface area contributed by atoms with E-state index in [9.17, 15) is 26.4 Å². The molecule has 0 aliphatic carbocycles. The average Bonchev–Trinajstić information content (AvgIpc) is 3.12. The minimum Gasteiger partial charge on any atom is -0.342 e. The summed E-state index contributed by atoms with van der Waals surface area (Å²) < 4.78 is 66.6. The van der Waals surface area contributed by atoms with Crippen LogP contribution in [0.3, 0.4) is 0 Å². The third-order valence-electron chi connectivity index (χ3n) is 7.70. The second-order valence-corrected chi connectivity index (χ2v) is 11.6. The molecule has 178 valence electrons. The Labute approximate surface area is 182 Å². The van der Waals surface area contributed by atoms with Gasteiger partial charge in [0.15, 0.2) is 0 Å². The Bertz CT molecular complexity index is 764. The maximum Gasteiger partial charge on any atom is 0.406 e. The monoisotopic (exact) mass is 466 g/mol. The Morgan fingerprint density at radius 1 is 0.935 bits per heavy atom. The molecule has 4 aliphatic heterocycles. The Hall–Kier alpha value is -0.910. The largest absolute Gasteiger partial charge is 0.406 e. The van der Waals surface area contributed by atoms with Gasteiger partial charge in [-0.2, -0.15) is 13.2 Å². The SMILES string of the molecule is CS(=O)(=O)N1CCC(C2CCN3NC(C(F)(F)F)C(C(=O)N4CCCCC4)C3C2)CC1. The van der Waals surface area contributed by atoms with Crippen LogP contribution in [0.2, 0.25) is 0 Å². The van der Waals surface area contributed by atoms with E-state index >= 15 is 0 Å². The molecule has 0 aromatic carbocycles. The molecule has 4 fully saturated rings. The molecule has 4 atom stereocenters. The first-order valence-corrected chi connectivity index (χ1v) is 13.2. The third-order valence-corrected chi connectivity index (χ3v) is 9.01. The van der Waals surface area contributed by atoms with E-state index in [-0.39, 0.29) is 17.7 Å². The highest BCUT2D eigenvalue weighted by Crippen LogP contribution is 2.43. The first-order chi connectivity index (χ1) is 14.6. The van der Waals surface area contributed by atoms with Gasteiger partial charge in [0.05, 0.1) is 12.2 Å². The normalized spacial score (nSPS) is 34.6. The summed E-state index contributed by atoms with van der Waals surface area (Å²) in [5.41, 5.74) is 2.63. The maximum atomic E-state index is 13.9. The molecule has 4 saturated heterocycles. The molecule has 31 heavy (non-hydrogen) atoms. The van der Waals surface area contributed by atoms with Crippen LogP contribution in [-0.4, -0.2) is 85.8 Å². The lowest BCUT2D eigenvalue weighted by atomic mass is 9.74. The molecule has 4 unspecified atom stereocenters. The van der Waals surface area contributed by atoms with Crippen LogP contribution in [0.1, 0.15) is 44.9 Å². The summed E-state index contributed by atoms with van der Waals surface area (Å²) in [7, 11) is -3.21. The van der Waals surface area contributed by atoms with Gasteiger partial charge in [-0.1, -0.05) is 0 Å². The molecule has 0 aromatic rings. The van der Waals surface area contributed by atoms with Crippen molar-refractivity contribution in [1.82, 2.24) is 19.6 Å². The zero-order chi connectivity index (χ0) is 22.4. The lowest BCUT2D eigenvalue weighted by Gasteiger charge is -2.42. The highest BCUT2D eigenvalue weighted by molar-refractivity contribution is 7.88. The minimum absolute atomic E-state index is 0.216. The second kappa shape index (κ2) is 8.79. The fourth-order valence-electron chi connectivity index (χ4n) is 6.02. The van der Waals surface area contributed by atoms with Gasteiger partial charge in [-0.05, 0) is 56.8 Å². The molecular formula is C20H33F3N4O3S. The van der Waals surface area contributed by atoms with Gasteiger partial charge in [0.25, 0.3) is 0 Å². The number of alkyl halides is 3. The summed E-state index contributed by atoms with van der Waals surface area (Å²) in [4.78, 5) is 14.9. The molecule has 1 amide bonds. The Balaban J connectivity index is 1.48. The van der Waals surface area contributed by atoms with Crippen molar-refractivity contribution in [1.29, 1.82) is 0 Å². The summed E-state index contributed by atoms with van der Waals surface area (Å²) in [6, 6.07) is -2.30. The van der Waals surface area contributed by atoms with E-state index in [2.05, 4.69) is 5.43 Å². The van der Waals surface area contributed by atoms with Gasteiger partial charge in [-0.25, -0.2) is 23.2 Å². The third kappa shape index (κ3) is 4.89. The molecule has 11 heteroatoms. The highest BCUT2D eigenvalue weighted by atomic mass is 32.2. The van der Waals surface area contributed by atoms with Crippen LogP contribution in [0.4, 0.5) is 13.2 Å². The first-order valence-electron chi connectivity index (χ1n) is 11.4. The predicted octanol–water partition coefficient (Wildman–Crippen LogP) is 1.82. The number of hydrazine groups is 1. The van der Waals surface area contributed by atoms with E-state index in [1.807, 2.05) is 0 Å². The van der Waals surface area contributed by atoms with Gasteiger partial charge in [-0.3, -0.25) is 4.79 Å². The van der Waals surface area contributed by atoms with Gasteiger partial charge in [0.2, 0.25) is 15.9 Å². The molecule has 4 aliphatic rings. The standard InChI is InChI=1S/C20H33F3N4O3S/c1-31(29,30)26-10-5-14(6-11-26)15-7-12-27-16(13-15)17(18(24-27)20(21,22)23)19(28)25-8-3-2-4-9-25/h14-18,24H,2-13H2,1H3. The van der Waals surface area contributed by atoms with Gasteiger partial charge >= 0.3 is 6.18 Å². The fraction of sp³-hybridized carbons (Fsp3) is 0.950. The van der Waals surface area contributed by atoms with E-state index in [0.29, 0.717) is 39.1 Å². The highest BCUT2D eigenvalue weighted by Gasteiger charge is 2.59. The first kappa shape index (κ1) is 23.3. The van der Waals surface area contributed by atoms with Crippen LogP contribution < -0.4 is 5.43 Å². The van der Waals surface area contributed by atoms with Gasteiger partial charge in [0.1, 0.15) is 6.04 Å². The van der Waals surface area contributed by atoms with Crippen LogP contribution in [0.25, 0.3) is 0 Å². The smallest absolute Gasteiger partial charge is 0.342 e. The van der Waals surface area contributed by atoms with E-state index in [4.69, 9.17) is 0 Å². The summed E-state index contributed by atoms with van der Waals surface area (Å²) >= 11 is 0. The summed E-state index contributed by atoms with van der Waals surface area (Å²) in [5, 5.41) is 1.66. The number of hydrogen-bond donors (Lipinski definition) is 1. The van der Waals surface area contributed by atoms with E-state index < -0.39 is 34.2 Å². The predicted molar refractivity (Wildman–Crippen MR) is 109 cm³/mol. The number of carbonyl (C=O) groups excluding carboxylic acids is 1. The van der Waals surface area contributed by atoms with Crippen molar-refractivity contribution in [3.05, 3.63) is 0 Å². The van der Waals surface area contributed by atoms with E-state index in [1.54, 1.807) is 9.91 Å². The minimum atomic E-state index is -4.48. The second-order valence-electron chi connectivity index (χ2n) is 9.60. The number of sulfonamides is 1. The summed E-state index contributed by atoms with van der Waals surface area (Å²) in [6.45, 7) is 2.50. The van der Waals surface area contributed by atoms with Crippen molar-refractivity contribution < 1.29 is 26.4 Å². The number of piperidine rings is 3. The quantitative estimate of drug-likeness (QED) is 0.687. The lowest BCUT2D eigenvalue weighted by Crippen LogP contribution is -2.51. The number of amides is 1. The Morgan fingerprint density at radius 3 is 2.13 bits per heavy atom. The van der Waals surface area contributed by atoms with Gasteiger partial charge in [0, 0.05) is 38.8 Å². The molecule has 1 N–H and O–H groups in total. The number of likely N-dealkylation sites (tertiary alicyclic amines) is 1. The summed E-state index contributed by atoms with van der Waals surface area (Å²) in [6.07, 6.45) is 2.20. The number of halogens is 3. The lowest BCUT2D eigenvalue weighted by molar-refractivity contribution is -0.172. The zero-order valence-corrected chi connectivity index (χ0v) is 18.8. The number of rotatable bonds is 3. The van der Waals surface area contributed by atoms with E-state index in [0.717, 1.165) is 38.5 Å². The van der Waals surface area contributed by atoms with Crippen molar-refractivity contribution in [2.45, 2.75) is 63.2 Å². The number of nitrogens with one attached hydrogen (secondary N) is 1. The van der Waals surface area contributed by atoms with Crippen LogP contribution in [-0.2, 0) is 14.8 Å². The fourth-order valence-corrected chi connectivity index (χ4v) is 6.90. The topological polar surface area (TPSA) is 73.0 Å².